The largest absolute Gasteiger partial charge is 0.309 e. The summed E-state index contributed by atoms with van der Waals surface area (Å²) in [4.78, 5) is 24.5. The lowest BCUT2D eigenvalue weighted by Gasteiger charge is -2.05. The number of carbonyl (C=O) groups excluding carboxylic acids is 2. The minimum atomic E-state index is -0.273. The van der Waals surface area contributed by atoms with Crippen molar-refractivity contribution in [1.29, 1.82) is 0 Å². The zero-order valence-electron chi connectivity index (χ0n) is 20.4. The Kier molecular flexibility index (Phi) is 8.82. The van der Waals surface area contributed by atoms with Gasteiger partial charge in [0.2, 0.25) is 28.8 Å². The minimum absolute atomic E-state index is 0.0302. The van der Waals surface area contributed by atoms with Crippen LogP contribution in [0.2, 0.25) is 0 Å². The molecule has 0 bridgehead atoms. The third-order valence-electron chi connectivity index (χ3n) is 5.48. The van der Waals surface area contributed by atoms with Gasteiger partial charge in [0, 0.05) is 23.3 Å². The first kappa shape index (κ1) is 25.8. The normalized spacial score (nSPS) is 10.7. The molecule has 0 aliphatic carbocycles. The number of nitrogens with zero attached hydrogens (tertiary/aromatic N) is 5. The maximum absolute atomic E-state index is 12.3. The van der Waals surface area contributed by atoms with Gasteiger partial charge in [-0.25, -0.2) is 0 Å². The lowest BCUT2D eigenvalue weighted by atomic mass is 10.1. The van der Waals surface area contributed by atoms with Crippen molar-refractivity contribution in [2.45, 2.75) is 45.4 Å². The van der Waals surface area contributed by atoms with E-state index in [4.69, 9.17) is 0 Å². The molecule has 4 rings (SSSR count). The van der Waals surface area contributed by atoms with Crippen LogP contribution in [0.5, 0.6) is 0 Å². The van der Waals surface area contributed by atoms with Crippen molar-refractivity contribution >= 4 is 34.1 Å². The highest BCUT2D eigenvalue weighted by Gasteiger charge is 2.15. The Morgan fingerprint density at radius 2 is 1.73 bits per heavy atom. The summed E-state index contributed by atoms with van der Waals surface area (Å²) in [7, 11) is 0. The first-order chi connectivity index (χ1) is 17.9. The molecule has 0 fully saturated rings. The number of anilines is 2. The Bertz CT molecular complexity index is 1360. The molecule has 3 N–H and O–H groups in total. The fraction of sp³-hybridized carbons (Fsp3) is 0.269. The standard InChI is InChI=1S/C26H27N7O3S/c1-18-7-6-8-19(15-18)16-23(34)27-22-13-12-20(29-30-22)9-2-3-11-25-31-32-26(37-25)28-24(35)17-21-10-4-5-14-33(21)36/h4-8,10,12-15H,2-3,9,11,16-17H2,1H3,(H2-,27,28,30,32,34,35,36)/p+1. The van der Waals surface area contributed by atoms with Crippen molar-refractivity contribution in [3.05, 3.63) is 88.3 Å². The van der Waals surface area contributed by atoms with Crippen molar-refractivity contribution in [2.75, 3.05) is 10.6 Å². The topological polar surface area (TPSA) is 134 Å². The van der Waals surface area contributed by atoms with Crippen LogP contribution in [-0.2, 0) is 35.3 Å². The molecule has 2 amide bonds. The van der Waals surface area contributed by atoms with Crippen LogP contribution in [-0.4, -0.2) is 37.4 Å². The Morgan fingerprint density at radius 1 is 0.892 bits per heavy atom. The summed E-state index contributed by atoms with van der Waals surface area (Å²) in [6, 6.07) is 16.6. The van der Waals surface area contributed by atoms with Crippen LogP contribution in [0.15, 0.2) is 60.8 Å². The molecule has 190 valence electrons. The first-order valence-corrected chi connectivity index (χ1v) is 12.8. The Morgan fingerprint density at radius 3 is 2.51 bits per heavy atom. The Balaban J connectivity index is 1.16. The van der Waals surface area contributed by atoms with E-state index in [0.29, 0.717) is 16.6 Å². The maximum Gasteiger partial charge on any atom is 0.243 e. The summed E-state index contributed by atoms with van der Waals surface area (Å²) in [6.45, 7) is 2.00. The summed E-state index contributed by atoms with van der Waals surface area (Å²) in [6.07, 6.45) is 5.05. The molecule has 0 unspecified atom stereocenters. The number of carbonyl (C=O) groups is 2. The fourth-order valence-electron chi connectivity index (χ4n) is 3.68. The van der Waals surface area contributed by atoms with E-state index in [9.17, 15) is 14.8 Å². The molecule has 37 heavy (non-hydrogen) atoms. The molecule has 3 heterocycles. The van der Waals surface area contributed by atoms with Crippen molar-refractivity contribution in [1.82, 2.24) is 20.4 Å². The summed E-state index contributed by atoms with van der Waals surface area (Å²) in [5, 5.41) is 33.0. The number of aryl methyl sites for hydroxylation is 3. The third-order valence-corrected chi connectivity index (χ3v) is 6.38. The Labute approximate surface area is 218 Å². The molecule has 0 saturated heterocycles. The van der Waals surface area contributed by atoms with Crippen LogP contribution < -0.4 is 15.4 Å². The van der Waals surface area contributed by atoms with Gasteiger partial charge in [-0.2, -0.15) is 5.10 Å². The van der Waals surface area contributed by atoms with Crippen LogP contribution in [0.25, 0.3) is 0 Å². The smallest absolute Gasteiger partial charge is 0.243 e. The molecule has 0 aliphatic rings. The van der Waals surface area contributed by atoms with Crippen molar-refractivity contribution in [2.24, 2.45) is 0 Å². The van der Waals surface area contributed by atoms with E-state index in [0.717, 1.165) is 52.2 Å². The summed E-state index contributed by atoms with van der Waals surface area (Å²) < 4.78 is 0.922. The average molecular weight is 519 g/mol. The molecule has 1 aromatic carbocycles. The van der Waals surface area contributed by atoms with Crippen LogP contribution in [0.1, 0.15) is 40.4 Å². The van der Waals surface area contributed by atoms with Crippen LogP contribution >= 0.6 is 11.3 Å². The van der Waals surface area contributed by atoms with Gasteiger partial charge < -0.3 is 10.6 Å². The molecule has 3 aromatic heterocycles. The van der Waals surface area contributed by atoms with Gasteiger partial charge in [0.1, 0.15) is 11.4 Å². The number of unbranched alkanes of at least 4 members (excludes halogenated alkanes) is 1. The highest BCUT2D eigenvalue weighted by Crippen LogP contribution is 2.18. The van der Waals surface area contributed by atoms with E-state index in [1.807, 2.05) is 37.3 Å². The lowest BCUT2D eigenvalue weighted by Crippen LogP contribution is -2.36. The third kappa shape index (κ3) is 8.14. The number of hydrogen-bond donors (Lipinski definition) is 3. The Hall–Kier alpha value is -4.25. The molecule has 0 radical (unpaired) electrons. The van der Waals surface area contributed by atoms with E-state index in [-0.39, 0.29) is 24.7 Å². The number of rotatable bonds is 11. The van der Waals surface area contributed by atoms with Gasteiger partial charge >= 0.3 is 0 Å². The van der Waals surface area contributed by atoms with Gasteiger partial charge in [-0.3, -0.25) is 14.8 Å². The van der Waals surface area contributed by atoms with Crippen LogP contribution in [0.3, 0.4) is 0 Å². The molecule has 0 saturated carbocycles. The van der Waals surface area contributed by atoms with Gasteiger partial charge in [-0.1, -0.05) is 41.2 Å². The molecular weight excluding hydrogens is 490 g/mol. The van der Waals surface area contributed by atoms with Crippen LogP contribution in [0.4, 0.5) is 10.9 Å². The van der Waals surface area contributed by atoms with Crippen molar-refractivity contribution in [3.63, 3.8) is 0 Å². The SMILES string of the molecule is Cc1cccc(CC(=O)Nc2ccc(CCCCc3nnc(NC(=O)Cc4cccc[n+]4O)s3)nn2)c1. The fourth-order valence-corrected chi connectivity index (χ4v) is 4.48. The van der Waals surface area contributed by atoms with Crippen molar-refractivity contribution < 1.29 is 19.5 Å². The molecular formula is C26H28N7O3S+. The predicted octanol–water partition coefficient (Wildman–Crippen LogP) is 3.09. The number of hydrogen-bond acceptors (Lipinski definition) is 8. The summed E-state index contributed by atoms with van der Waals surface area (Å²) in [5.74, 6) is 0.0355. The quantitative estimate of drug-likeness (QED) is 0.158. The molecule has 4 aromatic rings. The van der Waals surface area contributed by atoms with Gasteiger partial charge in [0.15, 0.2) is 5.82 Å². The summed E-state index contributed by atoms with van der Waals surface area (Å²) >= 11 is 1.34. The molecule has 10 nitrogen and oxygen atoms in total. The van der Waals surface area contributed by atoms with E-state index >= 15 is 0 Å². The lowest BCUT2D eigenvalue weighted by molar-refractivity contribution is -0.909. The highest BCUT2D eigenvalue weighted by atomic mass is 32.1. The zero-order valence-corrected chi connectivity index (χ0v) is 21.2. The van der Waals surface area contributed by atoms with E-state index in [1.54, 1.807) is 24.3 Å². The monoisotopic (exact) mass is 518 g/mol. The van der Waals surface area contributed by atoms with E-state index in [1.165, 1.54) is 17.5 Å². The van der Waals surface area contributed by atoms with Gasteiger partial charge in [-0.05, 0) is 49.9 Å². The highest BCUT2D eigenvalue weighted by molar-refractivity contribution is 7.15. The molecule has 0 atom stereocenters. The molecule has 0 spiro atoms. The van der Waals surface area contributed by atoms with E-state index in [2.05, 4.69) is 31.0 Å². The van der Waals surface area contributed by atoms with Crippen LogP contribution in [0, 0.1) is 6.92 Å². The zero-order chi connectivity index (χ0) is 26.0. The number of benzene rings is 1. The van der Waals surface area contributed by atoms with Gasteiger partial charge in [-0.15, -0.1) is 15.3 Å². The second kappa shape index (κ2) is 12.6. The summed E-state index contributed by atoms with van der Waals surface area (Å²) in [5.41, 5.74) is 3.40. The molecule has 11 heteroatoms. The van der Waals surface area contributed by atoms with Gasteiger partial charge in [0.25, 0.3) is 0 Å². The van der Waals surface area contributed by atoms with Crippen molar-refractivity contribution in [3.8, 4) is 0 Å². The van der Waals surface area contributed by atoms with E-state index < -0.39 is 0 Å². The minimum Gasteiger partial charge on any atom is -0.309 e. The number of amides is 2. The number of nitrogens with one attached hydrogen (secondary N) is 2. The number of aromatic nitrogens is 5. The second-order valence-electron chi connectivity index (χ2n) is 8.59. The predicted molar refractivity (Wildman–Crippen MR) is 138 cm³/mol. The first-order valence-electron chi connectivity index (χ1n) is 11.9. The average Bonchev–Trinajstić information content (AvgIpc) is 3.31. The molecule has 0 aliphatic heterocycles. The maximum atomic E-state index is 12.3. The van der Waals surface area contributed by atoms with Gasteiger partial charge in [0.05, 0.1) is 12.1 Å². The second-order valence-corrected chi connectivity index (χ2v) is 9.66. The number of pyridine rings is 1.